The topological polar surface area (TPSA) is 12.0 Å². The van der Waals surface area contributed by atoms with Crippen LogP contribution in [0.3, 0.4) is 0 Å². The fraction of sp³-hybridized carbons (Fsp3) is 1.00. The zero-order chi connectivity index (χ0) is 11.4. The summed E-state index contributed by atoms with van der Waals surface area (Å²) in [6, 6.07) is 0.887. The van der Waals surface area contributed by atoms with Crippen LogP contribution >= 0.6 is 0 Å². The smallest absolute Gasteiger partial charge is 0.00683 e. The van der Waals surface area contributed by atoms with Gasteiger partial charge in [-0.3, -0.25) is 0 Å². The summed E-state index contributed by atoms with van der Waals surface area (Å²) in [6.45, 7) is 6.06. The van der Waals surface area contributed by atoms with Crippen LogP contribution in [0.2, 0.25) is 0 Å². The minimum absolute atomic E-state index is 0.868. The molecule has 1 heteroatoms. The average molecular weight is 223 g/mol. The highest BCUT2D eigenvalue weighted by molar-refractivity contribution is 4.84. The van der Waals surface area contributed by atoms with Gasteiger partial charge in [0.15, 0.2) is 0 Å². The summed E-state index contributed by atoms with van der Waals surface area (Å²) < 4.78 is 0. The van der Waals surface area contributed by atoms with Crippen LogP contribution in [0.4, 0.5) is 0 Å². The summed E-state index contributed by atoms with van der Waals surface area (Å²) >= 11 is 0. The van der Waals surface area contributed by atoms with E-state index in [2.05, 4.69) is 19.2 Å². The summed E-state index contributed by atoms with van der Waals surface area (Å²) in [5.41, 5.74) is 0. The van der Waals surface area contributed by atoms with Gasteiger partial charge in [-0.05, 0) is 43.6 Å². The van der Waals surface area contributed by atoms with Gasteiger partial charge in [0, 0.05) is 6.04 Å². The zero-order valence-electron chi connectivity index (χ0n) is 11.2. The van der Waals surface area contributed by atoms with Crippen molar-refractivity contribution < 1.29 is 0 Å². The summed E-state index contributed by atoms with van der Waals surface area (Å²) in [5, 5.41) is 3.76. The Morgan fingerprint density at radius 1 is 1.00 bits per heavy atom. The monoisotopic (exact) mass is 223 g/mol. The van der Waals surface area contributed by atoms with Crippen LogP contribution in [0.1, 0.15) is 65.2 Å². The Balaban J connectivity index is 1.78. The van der Waals surface area contributed by atoms with Crippen LogP contribution in [0.5, 0.6) is 0 Å². The minimum Gasteiger partial charge on any atom is -0.314 e. The van der Waals surface area contributed by atoms with Crippen LogP contribution in [-0.2, 0) is 0 Å². The van der Waals surface area contributed by atoms with E-state index in [0.717, 1.165) is 23.8 Å². The molecule has 1 atom stereocenters. The SMILES string of the molecule is CC(C)CC(CNC1CC1)C1CCCCC1. The van der Waals surface area contributed by atoms with Crippen molar-refractivity contribution in [1.82, 2.24) is 5.32 Å². The van der Waals surface area contributed by atoms with E-state index in [1.807, 2.05) is 0 Å². The van der Waals surface area contributed by atoms with E-state index in [0.29, 0.717) is 0 Å². The van der Waals surface area contributed by atoms with Crippen molar-refractivity contribution in [2.75, 3.05) is 6.54 Å². The van der Waals surface area contributed by atoms with Crippen LogP contribution in [0.25, 0.3) is 0 Å². The van der Waals surface area contributed by atoms with Crippen molar-refractivity contribution in [3.8, 4) is 0 Å². The second-order valence-corrected chi connectivity index (χ2v) is 6.47. The maximum atomic E-state index is 3.76. The van der Waals surface area contributed by atoms with Gasteiger partial charge in [-0.2, -0.15) is 0 Å². The molecule has 2 fully saturated rings. The molecule has 2 rings (SSSR count). The van der Waals surface area contributed by atoms with Gasteiger partial charge in [-0.25, -0.2) is 0 Å². The van der Waals surface area contributed by atoms with E-state index in [4.69, 9.17) is 0 Å². The molecule has 1 nitrogen and oxygen atoms in total. The Hall–Kier alpha value is -0.0400. The van der Waals surface area contributed by atoms with E-state index >= 15 is 0 Å². The fourth-order valence-electron chi connectivity index (χ4n) is 3.26. The van der Waals surface area contributed by atoms with Crippen molar-refractivity contribution in [3.05, 3.63) is 0 Å². The molecule has 2 aliphatic carbocycles. The third-order valence-electron chi connectivity index (χ3n) is 4.34. The van der Waals surface area contributed by atoms with Crippen LogP contribution < -0.4 is 5.32 Å². The van der Waals surface area contributed by atoms with Gasteiger partial charge in [0.25, 0.3) is 0 Å². The van der Waals surface area contributed by atoms with Gasteiger partial charge < -0.3 is 5.32 Å². The summed E-state index contributed by atoms with van der Waals surface area (Å²) in [6.07, 6.45) is 11.8. The van der Waals surface area contributed by atoms with E-state index in [-0.39, 0.29) is 0 Å². The standard InChI is InChI=1S/C15H29N/c1-12(2)10-14(11-16-15-8-9-15)13-6-4-3-5-7-13/h12-16H,3-11H2,1-2H3. The maximum Gasteiger partial charge on any atom is 0.00683 e. The maximum absolute atomic E-state index is 3.76. The zero-order valence-corrected chi connectivity index (χ0v) is 11.2. The van der Waals surface area contributed by atoms with E-state index in [1.54, 1.807) is 0 Å². The van der Waals surface area contributed by atoms with Crippen molar-refractivity contribution in [3.63, 3.8) is 0 Å². The first-order chi connectivity index (χ1) is 7.75. The summed E-state index contributed by atoms with van der Waals surface area (Å²) in [4.78, 5) is 0. The van der Waals surface area contributed by atoms with Crippen molar-refractivity contribution in [2.24, 2.45) is 17.8 Å². The number of rotatable bonds is 6. The molecule has 2 saturated carbocycles. The summed E-state index contributed by atoms with van der Waals surface area (Å²) in [5.74, 6) is 2.86. The molecule has 0 bridgehead atoms. The third-order valence-corrected chi connectivity index (χ3v) is 4.34. The van der Waals surface area contributed by atoms with Crippen molar-refractivity contribution >= 4 is 0 Å². The van der Waals surface area contributed by atoms with Crippen molar-refractivity contribution in [2.45, 2.75) is 71.3 Å². The molecule has 1 unspecified atom stereocenters. The number of hydrogen-bond donors (Lipinski definition) is 1. The molecule has 0 amide bonds. The van der Waals surface area contributed by atoms with Gasteiger partial charge in [0.2, 0.25) is 0 Å². The largest absolute Gasteiger partial charge is 0.314 e. The van der Waals surface area contributed by atoms with Gasteiger partial charge in [0.1, 0.15) is 0 Å². The summed E-state index contributed by atoms with van der Waals surface area (Å²) in [7, 11) is 0. The highest BCUT2D eigenvalue weighted by Crippen LogP contribution is 2.33. The predicted octanol–water partition coefficient (Wildman–Crippen LogP) is 3.98. The lowest BCUT2D eigenvalue weighted by Crippen LogP contribution is -2.31. The average Bonchev–Trinajstić information content (AvgIpc) is 3.09. The molecular formula is C15H29N. The van der Waals surface area contributed by atoms with Gasteiger partial charge in [0.05, 0.1) is 0 Å². The molecule has 0 aromatic heterocycles. The lowest BCUT2D eigenvalue weighted by Gasteiger charge is -2.31. The second-order valence-electron chi connectivity index (χ2n) is 6.47. The Bertz CT molecular complexity index is 190. The first-order valence-corrected chi connectivity index (χ1v) is 7.49. The molecule has 0 radical (unpaired) electrons. The lowest BCUT2D eigenvalue weighted by molar-refractivity contribution is 0.212. The third kappa shape index (κ3) is 4.08. The van der Waals surface area contributed by atoms with Crippen molar-refractivity contribution in [1.29, 1.82) is 0 Å². The molecule has 0 aromatic rings. The van der Waals surface area contributed by atoms with Crippen LogP contribution in [-0.4, -0.2) is 12.6 Å². The fourth-order valence-corrected chi connectivity index (χ4v) is 3.26. The predicted molar refractivity (Wildman–Crippen MR) is 70.5 cm³/mol. The van der Waals surface area contributed by atoms with Gasteiger partial charge in [-0.15, -0.1) is 0 Å². The number of hydrogen-bond acceptors (Lipinski definition) is 1. The van der Waals surface area contributed by atoms with Crippen LogP contribution in [0.15, 0.2) is 0 Å². The first-order valence-electron chi connectivity index (χ1n) is 7.49. The molecule has 0 heterocycles. The molecule has 0 saturated heterocycles. The molecule has 94 valence electrons. The van der Waals surface area contributed by atoms with E-state index in [1.165, 1.54) is 57.9 Å². The van der Waals surface area contributed by atoms with E-state index in [9.17, 15) is 0 Å². The molecule has 0 spiro atoms. The molecule has 0 aliphatic heterocycles. The van der Waals surface area contributed by atoms with E-state index < -0.39 is 0 Å². The first kappa shape index (κ1) is 12.4. The molecule has 16 heavy (non-hydrogen) atoms. The molecule has 1 N–H and O–H groups in total. The highest BCUT2D eigenvalue weighted by Gasteiger charge is 2.27. The van der Waals surface area contributed by atoms with Gasteiger partial charge in [-0.1, -0.05) is 46.0 Å². The van der Waals surface area contributed by atoms with Crippen LogP contribution in [0, 0.1) is 17.8 Å². The Kier molecular flexibility index (Phi) is 4.69. The Labute approximate surface area is 101 Å². The molecular weight excluding hydrogens is 194 g/mol. The number of nitrogens with one attached hydrogen (secondary N) is 1. The molecule has 0 aromatic carbocycles. The Morgan fingerprint density at radius 2 is 1.69 bits per heavy atom. The van der Waals surface area contributed by atoms with Gasteiger partial charge >= 0.3 is 0 Å². The second kappa shape index (κ2) is 6.05. The lowest BCUT2D eigenvalue weighted by atomic mass is 9.76. The quantitative estimate of drug-likeness (QED) is 0.718. The normalized spacial score (nSPS) is 24.9. The molecule has 2 aliphatic rings. The Morgan fingerprint density at radius 3 is 2.25 bits per heavy atom. The minimum atomic E-state index is 0.868. The highest BCUT2D eigenvalue weighted by atomic mass is 14.9.